The van der Waals surface area contributed by atoms with Crippen LogP contribution in [0.3, 0.4) is 0 Å². The number of halogens is 3. The minimum Gasteiger partial charge on any atom is -0.398 e. The van der Waals surface area contributed by atoms with Gasteiger partial charge in [-0.2, -0.15) is 13.2 Å². The summed E-state index contributed by atoms with van der Waals surface area (Å²) in [6.07, 6.45) is -3.58. The molecule has 0 amide bonds. The fourth-order valence-electron chi connectivity index (χ4n) is 1.53. The second-order valence-corrected chi connectivity index (χ2v) is 4.66. The normalized spacial score (nSPS) is 11.8. The van der Waals surface area contributed by atoms with Gasteiger partial charge in [-0.1, -0.05) is 6.92 Å². The van der Waals surface area contributed by atoms with Crippen LogP contribution in [0.4, 0.5) is 18.9 Å². The maximum Gasteiger partial charge on any atom is 0.416 e. The molecule has 0 unspecified atom stereocenters. The molecule has 0 radical (unpaired) electrons. The van der Waals surface area contributed by atoms with Crippen LogP contribution in [0, 0.1) is 0 Å². The van der Waals surface area contributed by atoms with Crippen LogP contribution in [0.25, 0.3) is 10.6 Å². The third-order valence-corrected chi connectivity index (χ3v) is 3.45. The highest BCUT2D eigenvalue weighted by molar-refractivity contribution is 7.13. The van der Waals surface area contributed by atoms with Gasteiger partial charge >= 0.3 is 6.18 Å². The van der Waals surface area contributed by atoms with Gasteiger partial charge in [0.25, 0.3) is 0 Å². The van der Waals surface area contributed by atoms with Crippen LogP contribution >= 0.6 is 11.3 Å². The third kappa shape index (κ3) is 2.48. The number of nitrogen functional groups attached to an aromatic ring is 1. The topological polar surface area (TPSA) is 38.9 Å². The van der Waals surface area contributed by atoms with Gasteiger partial charge in [0.1, 0.15) is 5.01 Å². The molecule has 0 aliphatic heterocycles. The number of aryl methyl sites for hydroxylation is 1. The zero-order valence-electron chi connectivity index (χ0n) is 9.58. The molecule has 0 fully saturated rings. The van der Waals surface area contributed by atoms with Crippen LogP contribution in [0.5, 0.6) is 0 Å². The van der Waals surface area contributed by atoms with Gasteiger partial charge in [0.15, 0.2) is 0 Å². The summed E-state index contributed by atoms with van der Waals surface area (Å²) in [7, 11) is 0. The molecule has 2 N–H and O–H groups in total. The van der Waals surface area contributed by atoms with E-state index >= 15 is 0 Å². The number of benzene rings is 1. The Labute approximate surface area is 106 Å². The third-order valence-electron chi connectivity index (χ3n) is 2.52. The quantitative estimate of drug-likeness (QED) is 0.840. The summed E-state index contributed by atoms with van der Waals surface area (Å²) < 4.78 is 37.5. The number of rotatable bonds is 2. The van der Waals surface area contributed by atoms with Gasteiger partial charge < -0.3 is 5.73 Å². The minimum absolute atomic E-state index is 0.0989. The molecule has 1 aromatic carbocycles. The predicted molar refractivity (Wildman–Crippen MR) is 66.3 cm³/mol. The van der Waals surface area contributed by atoms with Crippen LogP contribution in [0.2, 0.25) is 0 Å². The summed E-state index contributed by atoms with van der Waals surface area (Å²) in [6.45, 7) is 1.97. The zero-order valence-corrected chi connectivity index (χ0v) is 10.4. The molecule has 2 rings (SSSR count). The van der Waals surface area contributed by atoms with Gasteiger partial charge in [-0.15, -0.1) is 11.3 Å². The summed E-state index contributed by atoms with van der Waals surface area (Å²) in [6, 6.07) is 3.34. The number of hydrogen-bond acceptors (Lipinski definition) is 3. The smallest absolute Gasteiger partial charge is 0.398 e. The lowest BCUT2D eigenvalue weighted by Gasteiger charge is -2.09. The second kappa shape index (κ2) is 4.61. The van der Waals surface area contributed by atoms with Crippen molar-refractivity contribution in [1.82, 2.24) is 4.98 Å². The van der Waals surface area contributed by atoms with Crippen LogP contribution in [-0.4, -0.2) is 4.98 Å². The molecule has 0 saturated heterocycles. The molecule has 6 heteroatoms. The molecular formula is C12H11F3N2S. The van der Waals surface area contributed by atoms with E-state index in [0.717, 1.165) is 24.2 Å². The monoisotopic (exact) mass is 272 g/mol. The summed E-state index contributed by atoms with van der Waals surface area (Å²) in [5.74, 6) is 0. The molecular weight excluding hydrogens is 261 g/mol. The maximum atomic E-state index is 12.5. The van der Waals surface area contributed by atoms with E-state index in [0.29, 0.717) is 10.6 Å². The van der Waals surface area contributed by atoms with Gasteiger partial charge in [0, 0.05) is 16.6 Å². The zero-order chi connectivity index (χ0) is 13.3. The van der Waals surface area contributed by atoms with Gasteiger partial charge in [0.2, 0.25) is 0 Å². The van der Waals surface area contributed by atoms with E-state index in [1.807, 2.05) is 12.3 Å². The Kier molecular flexibility index (Phi) is 3.30. The molecule has 18 heavy (non-hydrogen) atoms. The number of thiazole rings is 1. The van der Waals surface area contributed by atoms with Gasteiger partial charge in [-0.25, -0.2) is 4.98 Å². The molecule has 0 saturated carbocycles. The number of alkyl halides is 3. The molecule has 96 valence electrons. The van der Waals surface area contributed by atoms with E-state index in [9.17, 15) is 13.2 Å². The Balaban J connectivity index is 2.41. The molecule has 2 aromatic rings. The summed E-state index contributed by atoms with van der Waals surface area (Å²) in [5.41, 5.74) is 6.49. The Morgan fingerprint density at radius 1 is 1.33 bits per heavy atom. The number of nitrogens with two attached hydrogens (primary N) is 1. The van der Waals surface area contributed by atoms with E-state index in [1.54, 1.807) is 0 Å². The van der Waals surface area contributed by atoms with Crippen molar-refractivity contribution in [1.29, 1.82) is 0 Å². The SMILES string of the molecule is CCc1csc(-c2ccc(C(F)(F)F)cc2N)n1. The Bertz CT molecular complexity index is 561. The number of anilines is 1. The highest BCUT2D eigenvalue weighted by atomic mass is 32.1. The predicted octanol–water partition coefficient (Wildman–Crippen LogP) is 3.97. The Morgan fingerprint density at radius 3 is 2.56 bits per heavy atom. The van der Waals surface area contributed by atoms with Crippen molar-refractivity contribution < 1.29 is 13.2 Å². The first-order chi connectivity index (χ1) is 8.41. The molecule has 0 atom stereocenters. The van der Waals surface area contributed by atoms with E-state index in [1.165, 1.54) is 17.4 Å². The average Bonchev–Trinajstić information content (AvgIpc) is 2.76. The van der Waals surface area contributed by atoms with E-state index in [2.05, 4.69) is 4.98 Å². The van der Waals surface area contributed by atoms with Crippen LogP contribution in [0.1, 0.15) is 18.2 Å². The van der Waals surface area contributed by atoms with Crippen molar-refractivity contribution in [3.8, 4) is 10.6 Å². The van der Waals surface area contributed by atoms with E-state index < -0.39 is 11.7 Å². The number of nitrogens with zero attached hydrogens (tertiary/aromatic N) is 1. The van der Waals surface area contributed by atoms with Crippen LogP contribution in [0.15, 0.2) is 23.6 Å². The molecule has 0 bridgehead atoms. The first-order valence-electron chi connectivity index (χ1n) is 5.33. The summed E-state index contributed by atoms with van der Waals surface area (Å²) >= 11 is 1.38. The van der Waals surface area contributed by atoms with E-state index in [-0.39, 0.29) is 5.69 Å². The van der Waals surface area contributed by atoms with E-state index in [4.69, 9.17) is 5.73 Å². The van der Waals surface area contributed by atoms with Crippen molar-refractivity contribution in [2.45, 2.75) is 19.5 Å². The average molecular weight is 272 g/mol. The fourth-order valence-corrected chi connectivity index (χ4v) is 2.48. The van der Waals surface area contributed by atoms with Gasteiger partial charge in [0.05, 0.1) is 11.3 Å². The first kappa shape index (κ1) is 12.9. The number of aromatic nitrogens is 1. The molecule has 2 nitrogen and oxygen atoms in total. The lowest BCUT2D eigenvalue weighted by Crippen LogP contribution is -2.05. The fraction of sp³-hybridized carbons (Fsp3) is 0.250. The lowest BCUT2D eigenvalue weighted by molar-refractivity contribution is -0.137. The van der Waals surface area contributed by atoms with Crippen molar-refractivity contribution in [3.63, 3.8) is 0 Å². The standard InChI is InChI=1S/C12H11F3N2S/c1-2-8-6-18-11(17-8)9-4-3-7(5-10(9)16)12(13,14)15/h3-6H,2,16H2,1H3. The van der Waals surface area contributed by atoms with Crippen molar-refractivity contribution in [3.05, 3.63) is 34.8 Å². The highest BCUT2D eigenvalue weighted by Crippen LogP contribution is 2.35. The second-order valence-electron chi connectivity index (χ2n) is 3.80. The molecule has 1 aromatic heterocycles. The van der Waals surface area contributed by atoms with Gasteiger partial charge in [-0.05, 0) is 24.6 Å². The largest absolute Gasteiger partial charge is 0.416 e. The molecule has 1 heterocycles. The first-order valence-corrected chi connectivity index (χ1v) is 6.21. The summed E-state index contributed by atoms with van der Waals surface area (Å²) in [4.78, 5) is 4.31. The lowest BCUT2D eigenvalue weighted by atomic mass is 10.1. The molecule has 0 spiro atoms. The van der Waals surface area contributed by atoms with Crippen molar-refractivity contribution in [2.24, 2.45) is 0 Å². The Hall–Kier alpha value is -1.56. The van der Waals surface area contributed by atoms with Crippen LogP contribution in [-0.2, 0) is 12.6 Å². The number of hydrogen-bond donors (Lipinski definition) is 1. The highest BCUT2D eigenvalue weighted by Gasteiger charge is 2.31. The summed E-state index contributed by atoms with van der Waals surface area (Å²) in [5, 5.41) is 2.53. The maximum absolute atomic E-state index is 12.5. The van der Waals surface area contributed by atoms with Gasteiger partial charge in [-0.3, -0.25) is 0 Å². The van der Waals surface area contributed by atoms with Crippen LogP contribution < -0.4 is 5.73 Å². The van der Waals surface area contributed by atoms with Crippen molar-refractivity contribution >= 4 is 17.0 Å². The Morgan fingerprint density at radius 2 is 2.06 bits per heavy atom. The van der Waals surface area contributed by atoms with Crippen molar-refractivity contribution in [2.75, 3.05) is 5.73 Å². The molecule has 0 aliphatic carbocycles. The molecule has 0 aliphatic rings. The minimum atomic E-state index is -4.37.